The summed E-state index contributed by atoms with van der Waals surface area (Å²) in [5, 5.41) is 19.7. The molecule has 1 aliphatic carbocycles. The van der Waals surface area contributed by atoms with Gasteiger partial charge in [-0.05, 0) is 37.1 Å². The number of aromatic nitrogens is 4. The molecule has 1 saturated carbocycles. The molecule has 3 aromatic rings. The number of amides is 1. The Morgan fingerprint density at radius 3 is 2.68 bits per heavy atom. The number of hydrogen-bond acceptors (Lipinski definition) is 8. The molecule has 2 heterocycles. The maximum atomic E-state index is 12.9. The van der Waals surface area contributed by atoms with E-state index >= 15 is 0 Å². The van der Waals surface area contributed by atoms with Crippen molar-refractivity contribution >= 4 is 28.9 Å². The molecule has 1 amide bonds. The van der Waals surface area contributed by atoms with Crippen LogP contribution in [0.15, 0.2) is 36.9 Å². The third-order valence-corrected chi connectivity index (χ3v) is 5.57. The van der Waals surface area contributed by atoms with Gasteiger partial charge in [-0.1, -0.05) is 0 Å². The molecule has 2 aromatic heterocycles. The third-order valence-electron chi connectivity index (χ3n) is 5.57. The molecule has 1 fully saturated rings. The monoisotopic (exact) mass is 426 g/mol. The van der Waals surface area contributed by atoms with Crippen LogP contribution in [-0.4, -0.2) is 72.3 Å². The van der Waals surface area contributed by atoms with Crippen LogP contribution in [0.4, 0.5) is 5.82 Å². The maximum absolute atomic E-state index is 12.9. The van der Waals surface area contributed by atoms with E-state index < -0.39 is 24.7 Å². The lowest BCUT2D eigenvalue weighted by atomic mass is 10.1. The van der Waals surface area contributed by atoms with Crippen molar-refractivity contribution in [2.45, 2.75) is 31.0 Å². The fraction of sp³-hybridized carbons (Fsp3) is 0.350. The van der Waals surface area contributed by atoms with E-state index in [1.54, 1.807) is 42.2 Å². The molecule has 31 heavy (non-hydrogen) atoms. The molecule has 11 heteroatoms. The van der Waals surface area contributed by atoms with Gasteiger partial charge in [0.15, 0.2) is 18.1 Å². The van der Waals surface area contributed by atoms with Crippen molar-refractivity contribution in [3.8, 4) is 5.75 Å². The number of imidazole rings is 1. The number of carboxylic acids is 1. The van der Waals surface area contributed by atoms with Crippen LogP contribution in [0.3, 0.4) is 0 Å². The number of likely N-dealkylation sites (N-methyl/N-ethyl adjacent to an activating group) is 1. The average molecular weight is 426 g/mol. The summed E-state index contributed by atoms with van der Waals surface area (Å²) < 4.78 is 6.87. The molecule has 0 aliphatic heterocycles. The van der Waals surface area contributed by atoms with Gasteiger partial charge in [0, 0.05) is 12.6 Å². The molecule has 0 bridgehead atoms. The van der Waals surface area contributed by atoms with Crippen molar-refractivity contribution in [3.63, 3.8) is 0 Å². The Kier molecular flexibility index (Phi) is 5.42. The van der Waals surface area contributed by atoms with Gasteiger partial charge in [-0.3, -0.25) is 4.79 Å². The van der Waals surface area contributed by atoms with Gasteiger partial charge in [0.2, 0.25) is 0 Å². The largest absolute Gasteiger partial charge is 0.482 e. The summed E-state index contributed by atoms with van der Waals surface area (Å²) in [6.45, 7) is -0.456. The number of carboxylic acid groups (broad SMARTS) is 1. The van der Waals surface area contributed by atoms with Gasteiger partial charge in [0.05, 0.1) is 24.5 Å². The maximum Gasteiger partial charge on any atom is 0.341 e. The summed E-state index contributed by atoms with van der Waals surface area (Å²) >= 11 is 0. The molecule has 0 spiro atoms. The van der Waals surface area contributed by atoms with Crippen LogP contribution in [0.5, 0.6) is 5.75 Å². The SMILES string of the molecule is CN(C(=O)c1ccc(OCC(=O)O)cc1)[C@@H]1CC[C@H](n2cnc3c(N)ncnc32)[C@H]1O. The van der Waals surface area contributed by atoms with Crippen LogP contribution in [0.25, 0.3) is 11.2 Å². The van der Waals surface area contributed by atoms with Crippen molar-refractivity contribution in [2.24, 2.45) is 0 Å². The van der Waals surface area contributed by atoms with E-state index in [-0.39, 0.29) is 17.8 Å². The summed E-state index contributed by atoms with van der Waals surface area (Å²) in [7, 11) is 1.65. The predicted octanol–water partition coefficient (Wildman–Crippen LogP) is 0.708. The minimum Gasteiger partial charge on any atom is -0.482 e. The second kappa shape index (κ2) is 8.19. The molecule has 11 nitrogen and oxygen atoms in total. The van der Waals surface area contributed by atoms with Crippen molar-refractivity contribution in [1.82, 2.24) is 24.4 Å². The van der Waals surface area contributed by atoms with E-state index in [4.69, 9.17) is 15.6 Å². The van der Waals surface area contributed by atoms with Gasteiger partial charge in [-0.25, -0.2) is 19.7 Å². The third kappa shape index (κ3) is 3.87. The lowest BCUT2D eigenvalue weighted by Gasteiger charge is -2.29. The molecular weight excluding hydrogens is 404 g/mol. The molecule has 1 aromatic carbocycles. The molecule has 3 atom stereocenters. The minimum atomic E-state index is -1.08. The van der Waals surface area contributed by atoms with Gasteiger partial charge >= 0.3 is 5.97 Å². The van der Waals surface area contributed by atoms with E-state index in [1.165, 1.54) is 11.2 Å². The van der Waals surface area contributed by atoms with E-state index in [0.717, 1.165) is 0 Å². The van der Waals surface area contributed by atoms with Crippen molar-refractivity contribution in [3.05, 3.63) is 42.5 Å². The van der Waals surface area contributed by atoms with Crippen LogP contribution in [-0.2, 0) is 4.79 Å². The van der Waals surface area contributed by atoms with Crippen LogP contribution in [0.2, 0.25) is 0 Å². The zero-order valence-electron chi connectivity index (χ0n) is 16.8. The number of hydrogen-bond donors (Lipinski definition) is 3. The van der Waals surface area contributed by atoms with Crippen LogP contribution in [0, 0.1) is 0 Å². The minimum absolute atomic E-state index is 0.253. The average Bonchev–Trinajstić information content (AvgIpc) is 3.35. The highest BCUT2D eigenvalue weighted by atomic mass is 16.5. The van der Waals surface area contributed by atoms with Gasteiger partial charge in [0.1, 0.15) is 17.6 Å². The molecule has 4 rings (SSSR count). The fourth-order valence-electron chi connectivity index (χ4n) is 3.97. The van der Waals surface area contributed by atoms with Crippen LogP contribution in [0.1, 0.15) is 29.2 Å². The molecule has 0 saturated heterocycles. The fourth-order valence-corrected chi connectivity index (χ4v) is 3.97. The number of anilines is 1. The molecule has 0 radical (unpaired) electrons. The van der Waals surface area contributed by atoms with Crippen molar-refractivity contribution in [2.75, 3.05) is 19.4 Å². The Balaban J connectivity index is 1.48. The van der Waals surface area contributed by atoms with Crippen LogP contribution >= 0.6 is 0 Å². The Hall–Kier alpha value is -3.73. The number of nitrogen functional groups attached to an aromatic ring is 1. The van der Waals surface area contributed by atoms with Crippen molar-refractivity contribution in [1.29, 1.82) is 0 Å². The first-order valence-corrected chi connectivity index (χ1v) is 9.69. The molecule has 1 aliphatic rings. The summed E-state index contributed by atoms with van der Waals surface area (Å²) in [6, 6.07) is 5.53. The highest BCUT2D eigenvalue weighted by Gasteiger charge is 2.40. The number of fused-ring (bicyclic) bond motifs is 1. The van der Waals surface area contributed by atoms with Gasteiger partial charge in [0.25, 0.3) is 5.91 Å². The van der Waals surface area contributed by atoms with E-state index in [2.05, 4.69) is 15.0 Å². The van der Waals surface area contributed by atoms with Crippen molar-refractivity contribution < 1.29 is 24.5 Å². The second-order valence-electron chi connectivity index (χ2n) is 7.41. The molecular formula is C20H22N6O5. The lowest BCUT2D eigenvalue weighted by Crippen LogP contribution is -2.43. The lowest BCUT2D eigenvalue weighted by molar-refractivity contribution is -0.139. The van der Waals surface area contributed by atoms with Gasteiger partial charge < -0.3 is 30.2 Å². The van der Waals surface area contributed by atoms with E-state index in [0.29, 0.717) is 35.3 Å². The second-order valence-corrected chi connectivity index (χ2v) is 7.41. The summed E-state index contributed by atoms with van der Waals surface area (Å²) in [6.07, 6.45) is 3.37. The number of aliphatic hydroxyl groups excluding tert-OH is 1. The molecule has 162 valence electrons. The van der Waals surface area contributed by atoms with Gasteiger partial charge in [-0.2, -0.15) is 0 Å². The Morgan fingerprint density at radius 1 is 1.23 bits per heavy atom. The number of aliphatic hydroxyl groups is 1. The number of benzene rings is 1. The Labute approximate surface area is 177 Å². The Bertz CT molecular complexity index is 1110. The number of aliphatic carboxylic acids is 1. The number of nitrogens with two attached hydrogens (primary N) is 1. The molecule has 0 unspecified atom stereocenters. The highest BCUT2D eigenvalue weighted by Crippen LogP contribution is 2.35. The van der Waals surface area contributed by atoms with E-state index in [9.17, 15) is 14.7 Å². The predicted molar refractivity (Wildman–Crippen MR) is 109 cm³/mol. The highest BCUT2D eigenvalue weighted by molar-refractivity contribution is 5.94. The quantitative estimate of drug-likeness (QED) is 0.516. The van der Waals surface area contributed by atoms with Gasteiger partial charge in [-0.15, -0.1) is 0 Å². The Morgan fingerprint density at radius 2 is 1.97 bits per heavy atom. The summed E-state index contributed by atoms with van der Waals surface area (Å²) in [4.78, 5) is 37.5. The van der Waals surface area contributed by atoms with E-state index in [1.807, 2.05) is 0 Å². The number of ether oxygens (including phenoxy) is 1. The summed E-state index contributed by atoms with van der Waals surface area (Å²) in [5.74, 6) is -0.701. The number of carbonyl (C=O) groups is 2. The normalized spacial score (nSPS) is 20.6. The number of rotatable bonds is 6. The topological polar surface area (TPSA) is 157 Å². The molecule has 4 N–H and O–H groups in total. The zero-order valence-corrected chi connectivity index (χ0v) is 16.8. The summed E-state index contributed by atoms with van der Waals surface area (Å²) in [5.41, 5.74) is 7.28. The smallest absolute Gasteiger partial charge is 0.341 e. The number of carbonyl (C=O) groups excluding carboxylic acids is 1. The first-order valence-electron chi connectivity index (χ1n) is 9.69. The van der Waals surface area contributed by atoms with Crippen LogP contribution < -0.4 is 10.5 Å². The first kappa shape index (κ1) is 20.5. The number of nitrogens with zero attached hydrogens (tertiary/aromatic N) is 5. The first-order chi connectivity index (χ1) is 14.9. The standard InChI is InChI=1S/C20H22N6O5/c1-25(20(30)11-2-4-12(5-3-11)31-8-15(27)28)13-6-7-14(17(13)29)26-10-24-16-18(21)22-9-23-19(16)26/h2-5,9-10,13-14,17,29H,6-8H2,1H3,(H,27,28)(H2,21,22,23)/t13-,14+,17+/m1/s1. The zero-order chi connectivity index (χ0) is 22.1.